The molecule has 4 heteroatoms. The maximum Gasteiger partial charge on any atom is 0.119 e. The van der Waals surface area contributed by atoms with Crippen LogP contribution in [0.1, 0.15) is 0 Å². The number of hydrogen-bond donors (Lipinski definition) is 1. The summed E-state index contributed by atoms with van der Waals surface area (Å²) in [5, 5.41) is 0.712. The van der Waals surface area contributed by atoms with Crippen molar-refractivity contribution in [2.45, 2.75) is 0 Å². The summed E-state index contributed by atoms with van der Waals surface area (Å²) in [6.07, 6.45) is 0. The summed E-state index contributed by atoms with van der Waals surface area (Å²) in [7, 11) is 0. The van der Waals surface area contributed by atoms with Crippen LogP contribution in [0.15, 0.2) is 24.3 Å². The molecule has 0 fully saturated rings. The molecule has 0 bridgehead atoms. The highest BCUT2D eigenvalue weighted by molar-refractivity contribution is 7.80. The van der Waals surface area contributed by atoms with Crippen LogP contribution in [0.4, 0.5) is 0 Å². The monoisotopic (exact) mass is 232 g/mol. The molecule has 0 aliphatic carbocycles. The van der Waals surface area contributed by atoms with E-state index < -0.39 is 0 Å². The molecular weight excluding hydrogens is 220 g/mol. The van der Waals surface area contributed by atoms with E-state index in [2.05, 4.69) is 12.6 Å². The van der Waals surface area contributed by atoms with Gasteiger partial charge < -0.3 is 9.47 Å². The van der Waals surface area contributed by atoms with Gasteiger partial charge in [0.15, 0.2) is 0 Å². The normalized spacial score (nSPS) is 10.1. The Balaban J connectivity index is 2.15. The molecule has 0 amide bonds. The minimum absolute atomic E-state index is 0.551. The highest BCUT2D eigenvalue weighted by Crippen LogP contribution is 2.15. The van der Waals surface area contributed by atoms with Gasteiger partial charge in [-0.15, -0.1) is 0 Å². The number of ether oxygens (including phenoxy) is 2. The van der Waals surface area contributed by atoms with E-state index in [0.29, 0.717) is 24.8 Å². The summed E-state index contributed by atoms with van der Waals surface area (Å²) < 4.78 is 10.6. The first kappa shape index (κ1) is 11.7. The first-order valence-corrected chi connectivity index (χ1v) is 5.41. The first-order valence-electron chi connectivity index (χ1n) is 4.40. The highest BCUT2D eigenvalue weighted by Gasteiger charge is 1.93. The highest BCUT2D eigenvalue weighted by atomic mass is 35.5. The fourth-order valence-corrected chi connectivity index (χ4v) is 1.17. The van der Waals surface area contributed by atoms with Crippen molar-refractivity contribution in [3.63, 3.8) is 0 Å². The molecule has 78 valence electrons. The van der Waals surface area contributed by atoms with Crippen LogP contribution in [0.2, 0.25) is 5.02 Å². The van der Waals surface area contributed by atoms with E-state index in [1.807, 2.05) is 12.1 Å². The summed E-state index contributed by atoms with van der Waals surface area (Å²) in [6.45, 7) is 1.80. The van der Waals surface area contributed by atoms with Gasteiger partial charge in [-0.2, -0.15) is 12.6 Å². The Morgan fingerprint density at radius 3 is 2.43 bits per heavy atom. The van der Waals surface area contributed by atoms with Crippen LogP contribution < -0.4 is 4.74 Å². The molecule has 1 rings (SSSR count). The number of thiol groups is 1. The topological polar surface area (TPSA) is 18.5 Å². The van der Waals surface area contributed by atoms with Gasteiger partial charge in [0.2, 0.25) is 0 Å². The summed E-state index contributed by atoms with van der Waals surface area (Å²) in [5.74, 6) is 1.55. The van der Waals surface area contributed by atoms with E-state index in [4.69, 9.17) is 21.1 Å². The van der Waals surface area contributed by atoms with E-state index in [1.54, 1.807) is 12.1 Å². The van der Waals surface area contributed by atoms with Crippen LogP contribution in [0.3, 0.4) is 0 Å². The third-order valence-corrected chi connectivity index (χ3v) is 1.98. The Labute approximate surface area is 94.6 Å². The van der Waals surface area contributed by atoms with Gasteiger partial charge >= 0.3 is 0 Å². The molecule has 0 aliphatic heterocycles. The third-order valence-electron chi connectivity index (χ3n) is 1.55. The predicted molar refractivity (Wildman–Crippen MR) is 61.6 cm³/mol. The van der Waals surface area contributed by atoms with Crippen LogP contribution in [0.25, 0.3) is 0 Å². The standard InChI is InChI=1S/C10H13ClO2S/c11-9-1-3-10(4-2-9)13-6-5-12-7-8-14/h1-4,14H,5-8H2. The summed E-state index contributed by atoms with van der Waals surface area (Å²) >= 11 is 9.75. The lowest BCUT2D eigenvalue weighted by Gasteiger charge is -2.06. The third kappa shape index (κ3) is 4.74. The van der Waals surface area contributed by atoms with Crippen molar-refractivity contribution in [3.8, 4) is 5.75 Å². The van der Waals surface area contributed by atoms with Gasteiger partial charge in [0.1, 0.15) is 12.4 Å². The van der Waals surface area contributed by atoms with Gasteiger partial charge in [-0.1, -0.05) is 11.6 Å². The molecule has 0 heterocycles. The molecule has 14 heavy (non-hydrogen) atoms. The Hall–Kier alpha value is -0.380. The Bertz CT molecular complexity index is 251. The van der Waals surface area contributed by atoms with Gasteiger partial charge in [-0.25, -0.2) is 0 Å². The zero-order chi connectivity index (χ0) is 10.2. The smallest absolute Gasteiger partial charge is 0.119 e. The maximum atomic E-state index is 5.73. The molecule has 0 unspecified atom stereocenters. The van der Waals surface area contributed by atoms with E-state index in [1.165, 1.54) is 0 Å². The van der Waals surface area contributed by atoms with Gasteiger partial charge in [-0.05, 0) is 24.3 Å². The molecule has 0 saturated heterocycles. The number of halogens is 1. The lowest BCUT2D eigenvalue weighted by atomic mass is 10.3. The van der Waals surface area contributed by atoms with Gasteiger partial charge in [0.05, 0.1) is 13.2 Å². The van der Waals surface area contributed by atoms with Crippen LogP contribution in [0, 0.1) is 0 Å². The van der Waals surface area contributed by atoms with Crippen LogP contribution >= 0.6 is 24.2 Å². The molecule has 0 spiro atoms. The molecule has 0 atom stereocenters. The maximum absolute atomic E-state index is 5.73. The Kier molecular flexibility index (Phi) is 5.83. The second-order valence-electron chi connectivity index (χ2n) is 2.64. The quantitative estimate of drug-likeness (QED) is 0.601. The van der Waals surface area contributed by atoms with Crippen molar-refractivity contribution < 1.29 is 9.47 Å². The van der Waals surface area contributed by atoms with E-state index >= 15 is 0 Å². The molecule has 0 N–H and O–H groups in total. The molecule has 1 aromatic rings. The van der Waals surface area contributed by atoms with Crippen molar-refractivity contribution in [1.82, 2.24) is 0 Å². The SMILES string of the molecule is SCCOCCOc1ccc(Cl)cc1. The average molecular weight is 233 g/mol. The van der Waals surface area contributed by atoms with Crippen LogP contribution in [0.5, 0.6) is 5.75 Å². The second kappa shape index (κ2) is 6.98. The number of rotatable bonds is 6. The molecule has 2 nitrogen and oxygen atoms in total. The van der Waals surface area contributed by atoms with E-state index in [-0.39, 0.29) is 0 Å². The summed E-state index contributed by atoms with van der Waals surface area (Å²) in [5.41, 5.74) is 0. The Morgan fingerprint density at radius 1 is 1.07 bits per heavy atom. The first-order chi connectivity index (χ1) is 6.83. The summed E-state index contributed by atoms with van der Waals surface area (Å²) in [6, 6.07) is 7.26. The average Bonchev–Trinajstić information content (AvgIpc) is 2.21. The van der Waals surface area contributed by atoms with Crippen LogP contribution in [-0.4, -0.2) is 25.6 Å². The van der Waals surface area contributed by atoms with E-state index in [0.717, 1.165) is 11.5 Å². The number of benzene rings is 1. The second-order valence-corrected chi connectivity index (χ2v) is 3.52. The van der Waals surface area contributed by atoms with Crippen molar-refractivity contribution in [2.75, 3.05) is 25.6 Å². The molecule has 1 aromatic carbocycles. The van der Waals surface area contributed by atoms with E-state index in [9.17, 15) is 0 Å². The largest absolute Gasteiger partial charge is 0.491 e. The molecule has 0 aromatic heterocycles. The fraction of sp³-hybridized carbons (Fsp3) is 0.400. The molecule has 0 aliphatic rings. The predicted octanol–water partition coefficient (Wildman–Crippen LogP) is 2.67. The lowest BCUT2D eigenvalue weighted by molar-refractivity contribution is 0.112. The molecular formula is C10H13ClO2S. The molecule has 0 saturated carbocycles. The minimum atomic E-state index is 0.551. The van der Waals surface area contributed by atoms with Crippen LogP contribution in [-0.2, 0) is 4.74 Å². The van der Waals surface area contributed by atoms with Crippen molar-refractivity contribution in [3.05, 3.63) is 29.3 Å². The fourth-order valence-electron chi connectivity index (χ4n) is 0.916. The summed E-state index contributed by atoms with van der Waals surface area (Å²) in [4.78, 5) is 0. The zero-order valence-electron chi connectivity index (χ0n) is 7.78. The minimum Gasteiger partial charge on any atom is -0.491 e. The van der Waals surface area contributed by atoms with Gasteiger partial charge in [0.25, 0.3) is 0 Å². The van der Waals surface area contributed by atoms with Crippen molar-refractivity contribution in [1.29, 1.82) is 0 Å². The molecule has 0 radical (unpaired) electrons. The van der Waals surface area contributed by atoms with Gasteiger partial charge in [-0.3, -0.25) is 0 Å². The van der Waals surface area contributed by atoms with Crippen molar-refractivity contribution in [2.24, 2.45) is 0 Å². The zero-order valence-corrected chi connectivity index (χ0v) is 9.43. The lowest BCUT2D eigenvalue weighted by Crippen LogP contribution is -2.07. The van der Waals surface area contributed by atoms with Crippen molar-refractivity contribution >= 4 is 24.2 Å². The number of hydrogen-bond acceptors (Lipinski definition) is 3. The Morgan fingerprint density at radius 2 is 1.79 bits per heavy atom. The van der Waals surface area contributed by atoms with Gasteiger partial charge in [0, 0.05) is 10.8 Å².